The first-order valence-electron chi connectivity index (χ1n) is 5.76. The Hall–Kier alpha value is -1.31. The average molecular weight is 309 g/mol. The number of hydrogen-bond acceptors (Lipinski definition) is 5. The predicted molar refractivity (Wildman–Crippen MR) is 81.8 cm³/mol. The Morgan fingerprint density at radius 2 is 2.32 bits per heavy atom. The highest BCUT2D eigenvalue weighted by atomic mass is 32.1. The van der Waals surface area contributed by atoms with Crippen molar-refractivity contribution in [1.82, 2.24) is 14.5 Å². The molecule has 1 N–H and O–H groups in total. The monoisotopic (exact) mass is 309 g/mol. The van der Waals surface area contributed by atoms with Crippen molar-refractivity contribution in [3.05, 3.63) is 42.7 Å². The van der Waals surface area contributed by atoms with Gasteiger partial charge in [0.2, 0.25) is 0 Å². The first kappa shape index (κ1) is 12.7. The fourth-order valence-corrected chi connectivity index (χ4v) is 3.79. The molecule has 0 aromatic carbocycles. The van der Waals surface area contributed by atoms with E-state index in [0.717, 1.165) is 22.0 Å². The van der Waals surface area contributed by atoms with E-state index < -0.39 is 0 Å². The van der Waals surface area contributed by atoms with Crippen molar-refractivity contribution in [2.75, 3.05) is 0 Å². The molecule has 0 aliphatic rings. The van der Waals surface area contributed by atoms with Gasteiger partial charge in [0.1, 0.15) is 4.83 Å². The van der Waals surface area contributed by atoms with Gasteiger partial charge in [0.05, 0.1) is 10.4 Å². The lowest BCUT2D eigenvalue weighted by atomic mass is 10.4. The van der Waals surface area contributed by atoms with E-state index >= 15 is 0 Å². The fraction of sp³-hybridized carbons (Fsp3) is 0.250. The van der Waals surface area contributed by atoms with Gasteiger partial charge in [-0.1, -0.05) is 0 Å². The van der Waals surface area contributed by atoms with Crippen LogP contribution in [0.5, 0.6) is 0 Å². The maximum Gasteiger partial charge on any atom is 0.263 e. The molecule has 0 aliphatic carbocycles. The number of hydrogen-bond donors (Lipinski definition) is 1. The summed E-state index contributed by atoms with van der Waals surface area (Å²) < 4.78 is 2.09. The number of aromatic amines is 1. The molecular formula is C12H11N3OS3. The summed E-state index contributed by atoms with van der Waals surface area (Å²) in [6.07, 6.45) is 0.728. The first-order valence-corrected chi connectivity index (χ1v) is 7.93. The van der Waals surface area contributed by atoms with E-state index in [1.54, 1.807) is 15.9 Å². The standard InChI is InChI=1S/C12H11N3OS3/c1-7-6-19-9(13-7)2-4-15-11(16)8-3-5-18-10(8)14-12(15)17/h3,5-6H,2,4H2,1H3,(H,14,17). The highest BCUT2D eigenvalue weighted by molar-refractivity contribution is 7.71. The van der Waals surface area contributed by atoms with Crippen molar-refractivity contribution in [2.45, 2.75) is 19.9 Å². The minimum Gasteiger partial charge on any atom is -0.323 e. The summed E-state index contributed by atoms with van der Waals surface area (Å²) in [5.41, 5.74) is 0.999. The van der Waals surface area contributed by atoms with Crippen LogP contribution in [0.25, 0.3) is 10.2 Å². The summed E-state index contributed by atoms with van der Waals surface area (Å²) >= 11 is 8.36. The van der Waals surface area contributed by atoms with E-state index in [9.17, 15) is 4.79 Å². The van der Waals surface area contributed by atoms with Crippen LogP contribution in [0.2, 0.25) is 0 Å². The van der Waals surface area contributed by atoms with Crippen molar-refractivity contribution in [1.29, 1.82) is 0 Å². The van der Waals surface area contributed by atoms with Crippen molar-refractivity contribution in [3.8, 4) is 0 Å². The maximum absolute atomic E-state index is 12.3. The van der Waals surface area contributed by atoms with E-state index in [-0.39, 0.29) is 5.56 Å². The molecule has 3 heterocycles. The van der Waals surface area contributed by atoms with E-state index in [1.165, 1.54) is 11.3 Å². The van der Waals surface area contributed by atoms with Gasteiger partial charge in [0, 0.05) is 24.0 Å². The zero-order valence-electron chi connectivity index (χ0n) is 10.2. The van der Waals surface area contributed by atoms with E-state index in [1.807, 2.05) is 23.8 Å². The Labute approximate surface area is 122 Å². The third-order valence-electron chi connectivity index (χ3n) is 2.82. The zero-order valence-corrected chi connectivity index (χ0v) is 12.6. The predicted octanol–water partition coefficient (Wildman–Crippen LogP) is 3.13. The number of nitrogens with one attached hydrogen (secondary N) is 1. The lowest BCUT2D eigenvalue weighted by molar-refractivity contribution is 0.650. The summed E-state index contributed by atoms with van der Waals surface area (Å²) in [6, 6.07) is 1.83. The van der Waals surface area contributed by atoms with E-state index in [4.69, 9.17) is 12.2 Å². The zero-order chi connectivity index (χ0) is 13.4. The van der Waals surface area contributed by atoms with Gasteiger partial charge in [-0.3, -0.25) is 9.36 Å². The lowest BCUT2D eigenvalue weighted by Crippen LogP contribution is -2.22. The van der Waals surface area contributed by atoms with Crippen LogP contribution in [0.3, 0.4) is 0 Å². The number of rotatable bonds is 3. The SMILES string of the molecule is Cc1csc(CCn2c(=S)[nH]c3sccc3c2=O)n1. The summed E-state index contributed by atoms with van der Waals surface area (Å²) in [5.74, 6) is 0. The Balaban J connectivity index is 1.96. The number of aromatic nitrogens is 3. The quantitative estimate of drug-likeness (QED) is 0.756. The van der Waals surface area contributed by atoms with Gasteiger partial charge < -0.3 is 4.98 Å². The van der Waals surface area contributed by atoms with Crippen LogP contribution in [0.15, 0.2) is 21.6 Å². The Morgan fingerprint density at radius 3 is 3.05 bits per heavy atom. The van der Waals surface area contributed by atoms with E-state index in [2.05, 4.69) is 9.97 Å². The molecule has 7 heteroatoms. The lowest BCUT2D eigenvalue weighted by Gasteiger charge is -2.04. The Bertz CT molecular complexity index is 840. The van der Waals surface area contributed by atoms with Crippen molar-refractivity contribution < 1.29 is 0 Å². The van der Waals surface area contributed by atoms with Gasteiger partial charge in [-0.2, -0.15) is 0 Å². The molecule has 0 radical (unpaired) electrons. The topological polar surface area (TPSA) is 50.7 Å². The minimum absolute atomic E-state index is 0.0201. The largest absolute Gasteiger partial charge is 0.323 e. The van der Waals surface area contributed by atoms with Gasteiger partial charge in [-0.25, -0.2) is 4.98 Å². The van der Waals surface area contributed by atoms with Gasteiger partial charge in [-0.15, -0.1) is 22.7 Å². The summed E-state index contributed by atoms with van der Waals surface area (Å²) in [5, 5.41) is 5.64. The van der Waals surface area contributed by atoms with Gasteiger partial charge >= 0.3 is 0 Å². The molecule has 0 fully saturated rings. The molecule has 19 heavy (non-hydrogen) atoms. The number of fused-ring (bicyclic) bond motifs is 1. The molecule has 0 spiro atoms. The molecule has 0 amide bonds. The van der Waals surface area contributed by atoms with Crippen molar-refractivity contribution >= 4 is 45.1 Å². The maximum atomic E-state index is 12.3. The summed E-state index contributed by atoms with van der Waals surface area (Å²) in [4.78, 5) is 20.6. The highest BCUT2D eigenvalue weighted by Crippen LogP contribution is 2.15. The first-order chi connectivity index (χ1) is 9.15. The molecule has 0 saturated carbocycles. The molecule has 4 nitrogen and oxygen atoms in total. The summed E-state index contributed by atoms with van der Waals surface area (Å²) in [6.45, 7) is 2.53. The van der Waals surface area contributed by atoms with Crippen LogP contribution in [0.4, 0.5) is 0 Å². The number of thiazole rings is 1. The molecule has 3 aromatic heterocycles. The Kier molecular flexibility index (Phi) is 3.34. The smallest absolute Gasteiger partial charge is 0.263 e. The number of aryl methyl sites for hydroxylation is 2. The van der Waals surface area contributed by atoms with Crippen LogP contribution in [0.1, 0.15) is 10.7 Å². The molecule has 0 bridgehead atoms. The second-order valence-electron chi connectivity index (χ2n) is 4.18. The Morgan fingerprint density at radius 1 is 1.47 bits per heavy atom. The molecule has 0 atom stereocenters. The average Bonchev–Trinajstić information content (AvgIpc) is 2.98. The highest BCUT2D eigenvalue weighted by Gasteiger charge is 2.07. The third kappa shape index (κ3) is 2.41. The molecule has 98 valence electrons. The normalized spacial score (nSPS) is 11.2. The second kappa shape index (κ2) is 4.99. The number of nitrogens with zero attached hydrogens (tertiary/aromatic N) is 2. The molecular weight excluding hydrogens is 298 g/mol. The molecule has 0 aliphatic heterocycles. The molecule has 3 rings (SSSR count). The number of thiophene rings is 1. The second-order valence-corrected chi connectivity index (χ2v) is 6.43. The fourth-order valence-electron chi connectivity index (χ4n) is 1.90. The number of H-pyrrole nitrogens is 1. The minimum atomic E-state index is -0.0201. The van der Waals surface area contributed by atoms with Crippen LogP contribution in [-0.4, -0.2) is 14.5 Å². The molecule has 0 saturated heterocycles. The molecule has 3 aromatic rings. The van der Waals surface area contributed by atoms with Crippen molar-refractivity contribution in [3.63, 3.8) is 0 Å². The van der Waals surface area contributed by atoms with Gasteiger partial charge in [-0.05, 0) is 30.6 Å². The third-order valence-corrected chi connectivity index (χ3v) is 5.00. The van der Waals surface area contributed by atoms with Crippen LogP contribution in [0, 0.1) is 11.7 Å². The summed E-state index contributed by atoms with van der Waals surface area (Å²) in [7, 11) is 0. The van der Waals surface area contributed by atoms with Crippen molar-refractivity contribution in [2.24, 2.45) is 0 Å². The van der Waals surface area contributed by atoms with Gasteiger partial charge in [0.25, 0.3) is 5.56 Å². The van der Waals surface area contributed by atoms with E-state index in [0.29, 0.717) is 16.7 Å². The van der Waals surface area contributed by atoms with Crippen LogP contribution in [-0.2, 0) is 13.0 Å². The van der Waals surface area contributed by atoms with Gasteiger partial charge in [0.15, 0.2) is 4.77 Å². The molecule has 0 unspecified atom stereocenters. The van der Waals surface area contributed by atoms with Crippen LogP contribution >= 0.6 is 34.9 Å². The van der Waals surface area contributed by atoms with Crippen LogP contribution < -0.4 is 5.56 Å².